The van der Waals surface area contributed by atoms with Gasteiger partial charge in [-0.1, -0.05) is 17.3 Å². The van der Waals surface area contributed by atoms with Crippen molar-refractivity contribution in [1.82, 2.24) is 20.8 Å². The first-order valence-corrected chi connectivity index (χ1v) is 6.78. The molecule has 10 heteroatoms. The van der Waals surface area contributed by atoms with Crippen LogP contribution in [0, 0.1) is 6.92 Å². The minimum absolute atomic E-state index is 0. The summed E-state index contributed by atoms with van der Waals surface area (Å²) in [4.78, 5) is 8.05. The first-order valence-electron chi connectivity index (χ1n) is 6.78. The summed E-state index contributed by atoms with van der Waals surface area (Å²) in [7, 11) is 1.59. The summed E-state index contributed by atoms with van der Waals surface area (Å²) in [5.74, 6) is 1.43. The van der Waals surface area contributed by atoms with Gasteiger partial charge in [0, 0.05) is 20.5 Å². The number of aryl methyl sites for hydroxylation is 1. The second-order valence-corrected chi connectivity index (χ2v) is 4.70. The molecule has 0 spiro atoms. The zero-order chi connectivity index (χ0) is 16.9. The molecule has 1 aromatic heterocycles. The summed E-state index contributed by atoms with van der Waals surface area (Å²) in [6.45, 7) is 2.35. The molecule has 0 aliphatic carbocycles. The third kappa shape index (κ3) is 5.98. The number of aliphatic imine (C=N–C) groups is 1. The number of nitrogens with one attached hydrogen (secondary N) is 2. The summed E-state index contributed by atoms with van der Waals surface area (Å²) in [6, 6.07) is 4.95. The van der Waals surface area contributed by atoms with Gasteiger partial charge in [0.25, 0.3) is 0 Å². The molecule has 2 aromatic rings. The van der Waals surface area contributed by atoms with E-state index in [-0.39, 0.29) is 24.0 Å². The van der Waals surface area contributed by atoms with Crippen molar-refractivity contribution in [3.8, 4) is 0 Å². The van der Waals surface area contributed by atoms with Gasteiger partial charge in [-0.15, -0.1) is 24.0 Å². The zero-order valence-corrected chi connectivity index (χ0v) is 15.3. The van der Waals surface area contributed by atoms with E-state index in [1.165, 1.54) is 12.1 Å². The Morgan fingerprint density at radius 1 is 1.17 bits per heavy atom. The number of alkyl halides is 3. The van der Waals surface area contributed by atoms with Gasteiger partial charge in [-0.2, -0.15) is 18.2 Å². The lowest BCUT2D eigenvalue weighted by molar-refractivity contribution is -0.137. The van der Waals surface area contributed by atoms with Gasteiger partial charge in [-0.3, -0.25) is 4.99 Å². The maximum absolute atomic E-state index is 12.5. The molecule has 0 bridgehead atoms. The van der Waals surface area contributed by atoms with Crippen LogP contribution in [0.3, 0.4) is 0 Å². The first-order chi connectivity index (χ1) is 10.9. The van der Waals surface area contributed by atoms with Gasteiger partial charge in [-0.05, 0) is 17.7 Å². The van der Waals surface area contributed by atoms with Gasteiger partial charge in [0.2, 0.25) is 5.89 Å². The average molecular weight is 455 g/mol. The van der Waals surface area contributed by atoms with Crippen molar-refractivity contribution in [2.45, 2.75) is 26.2 Å². The molecule has 0 saturated heterocycles. The Kier molecular flexibility index (Phi) is 7.45. The normalized spacial score (nSPS) is 11.8. The van der Waals surface area contributed by atoms with Crippen LogP contribution in [-0.2, 0) is 19.3 Å². The number of benzene rings is 1. The predicted octanol–water partition coefficient (Wildman–Crippen LogP) is 2.88. The van der Waals surface area contributed by atoms with Crippen LogP contribution in [0.2, 0.25) is 0 Å². The molecule has 1 aromatic carbocycles. The summed E-state index contributed by atoms with van der Waals surface area (Å²) in [6.07, 6.45) is -4.33. The van der Waals surface area contributed by atoms with Gasteiger partial charge < -0.3 is 15.2 Å². The van der Waals surface area contributed by atoms with Gasteiger partial charge in [-0.25, -0.2) is 0 Å². The number of nitrogens with zero attached hydrogens (tertiary/aromatic N) is 3. The van der Waals surface area contributed by atoms with E-state index >= 15 is 0 Å². The number of hydrogen-bond donors (Lipinski definition) is 2. The van der Waals surface area contributed by atoms with E-state index in [4.69, 9.17) is 4.52 Å². The van der Waals surface area contributed by atoms with Crippen molar-refractivity contribution in [2.75, 3.05) is 7.05 Å². The third-order valence-electron chi connectivity index (χ3n) is 2.95. The van der Waals surface area contributed by atoms with Crippen LogP contribution in [0.1, 0.15) is 22.8 Å². The summed E-state index contributed by atoms with van der Waals surface area (Å²) < 4.78 is 42.3. The lowest BCUT2D eigenvalue weighted by Crippen LogP contribution is -2.36. The van der Waals surface area contributed by atoms with Crippen molar-refractivity contribution < 1.29 is 17.7 Å². The van der Waals surface area contributed by atoms with E-state index in [0.29, 0.717) is 36.3 Å². The molecule has 2 N–H and O–H groups in total. The van der Waals surface area contributed by atoms with E-state index in [0.717, 1.165) is 12.1 Å². The van der Waals surface area contributed by atoms with Crippen molar-refractivity contribution in [3.05, 3.63) is 47.1 Å². The SMILES string of the molecule is CN=C(NCc1ccc(C(F)(F)F)cc1)NCc1noc(C)n1.I. The molecule has 24 heavy (non-hydrogen) atoms. The highest BCUT2D eigenvalue weighted by atomic mass is 127. The number of rotatable bonds is 4. The van der Waals surface area contributed by atoms with Crippen molar-refractivity contribution >= 4 is 29.9 Å². The van der Waals surface area contributed by atoms with E-state index in [1.807, 2.05) is 0 Å². The molecule has 0 unspecified atom stereocenters. The maximum atomic E-state index is 12.5. The lowest BCUT2D eigenvalue weighted by Gasteiger charge is -2.11. The smallest absolute Gasteiger partial charge is 0.352 e. The topological polar surface area (TPSA) is 75.3 Å². The molecule has 0 saturated carbocycles. The van der Waals surface area contributed by atoms with Gasteiger partial charge >= 0.3 is 6.18 Å². The lowest BCUT2D eigenvalue weighted by atomic mass is 10.1. The number of halogens is 4. The van der Waals surface area contributed by atoms with Gasteiger partial charge in [0.05, 0.1) is 12.1 Å². The predicted molar refractivity (Wildman–Crippen MR) is 92.9 cm³/mol. The van der Waals surface area contributed by atoms with Crippen molar-refractivity contribution in [2.24, 2.45) is 4.99 Å². The Bertz CT molecular complexity index is 670. The van der Waals surface area contributed by atoms with Crippen LogP contribution in [0.4, 0.5) is 13.2 Å². The largest absolute Gasteiger partial charge is 0.416 e. The number of aromatic nitrogens is 2. The maximum Gasteiger partial charge on any atom is 0.416 e. The first kappa shape index (κ1) is 20.2. The van der Waals surface area contributed by atoms with Crippen molar-refractivity contribution in [1.29, 1.82) is 0 Å². The standard InChI is InChI=1S/C14H16F3N5O.HI/c1-9-21-12(22-23-9)8-20-13(18-2)19-7-10-3-5-11(6-4-10)14(15,16)17;/h3-6H,7-8H2,1-2H3,(H2,18,19,20);1H. The zero-order valence-electron chi connectivity index (χ0n) is 13.0. The number of guanidine groups is 1. The van der Waals surface area contributed by atoms with E-state index < -0.39 is 11.7 Å². The second-order valence-electron chi connectivity index (χ2n) is 4.70. The van der Waals surface area contributed by atoms with Crippen LogP contribution in [0.15, 0.2) is 33.8 Å². The Labute approximate surface area is 153 Å². The molecule has 2 rings (SSSR count). The Morgan fingerprint density at radius 2 is 1.79 bits per heavy atom. The fraction of sp³-hybridized carbons (Fsp3) is 0.357. The molecule has 0 aliphatic heterocycles. The minimum Gasteiger partial charge on any atom is -0.352 e. The Morgan fingerprint density at radius 3 is 2.29 bits per heavy atom. The number of hydrogen-bond acceptors (Lipinski definition) is 4. The third-order valence-corrected chi connectivity index (χ3v) is 2.95. The van der Waals surface area contributed by atoms with Gasteiger partial charge in [0.1, 0.15) is 0 Å². The van der Waals surface area contributed by atoms with Crippen LogP contribution in [0.5, 0.6) is 0 Å². The second kappa shape index (κ2) is 8.85. The van der Waals surface area contributed by atoms with Crippen LogP contribution >= 0.6 is 24.0 Å². The highest BCUT2D eigenvalue weighted by Crippen LogP contribution is 2.28. The molecule has 0 atom stereocenters. The van der Waals surface area contributed by atoms with Crippen molar-refractivity contribution in [3.63, 3.8) is 0 Å². The minimum atomic E-state index is -4.33. The highest BCUT2D eigenvalue weighted by Gasteiger charge is 2.29. The molecule has 0 fully saturated rings. The molecular weight excluding hydrogens is 438 g/mol. The van der Waals surface area contributed by atoms with Crippen LogP contribution in [-0.4, -0.2) is 23.1 Å². The van der Waals surface area contributed by atoms with Crippen LogP contribution < -0.4 is 10.6 Å². The molecule has 132 valence electrons. The van der Waals surface area contributed by atoms with Gasteiger partial charge in [0.15, 0.2) is 11.8 Å². The highest BCUT2D eigenvalue weighted by molar-refractivity contribution is 14.0. The molecule has 0 amide bonds. The fourth-order valence-electron chi connectivity index (χ4n) is 1.79. The van der Waals surface area contributed by atoms with E-state index in [1.54, 1.807) is 14.0 Å². The van der Waals surface area contributed by atoms with E-state index in [9.17, 15) is 13.2 Å². The molecule has 0 aliphatic rings. The summed E-state index contributed by atoms with van der Waals surface area (Å²) in [5.41, 5.74) is 0.0348. The summed E-state index contributed by atoms with van der Waals surface area (Å²) >= 11 is 0. The van der Waals surface area contributed by atoms with E-state index in [2.05, 4.69) is 25.8 Å². The molecule has 6 nitrogen and oxygen atoms in total. The average Bonchev–Trinajstić information content (AvgIpc) is 2.92. The monoisotopic (exact) mass is 455 g/mol. The summed E-state index contributed by atoms with van der Waals surface area (Å²) in [5, 5.41) is 9.71. The molecule has 1 heterocycles. The quantitative estimate of drug-likeness (QED) is 0.422. The Balaban J connectivity index is 0.00000288. The van der Waals surface area contributed by atoms with Crippen LogP contribution in [0.25, 0.3) is 0 Å². The fourth-order valence-corrected chi connectivity index (χ4v) is 1.79. The molecular formula is C14H17F3IN5O. The molecule has 0 radical (unpaired) electrons. The Hall–Kier alpha value is -1.85.